The van der Waals surface area contributed by atoms with E-state index in [0.29, 0.717) is 6.54 Å². The first-order valence-corrected chi connectivity index (χ1v) is 8.93. The maximum atomic E-state index is 12.3. The lowest BCUT2D eigenvalue weighted by Crippen LogP contribution is -2.28. The number of esters is 1. The van der Waals surface area contributed by atoms with Crippen LogP contribution < -0.4 is 4.72 Å². The molecule has 0 atom stereocenters. The summed E-state index contributed by atoms with van der Waals surface area (Å²) in [6.45, 7) is 8.84. The lowest BCUT2D eigenvalue weighted by Gasteiger charge is -2.07. The van der Waals surface area contributed by atoms with Crippen LogP contribution in [0, 0.1) is 16.7 Å². The third kappa shape index (κ3) is 2.60. The van der Waals surface area contributed by atoms with Gasteiger partial charge in [-0.2, -0.15) is 0 Å². The van der Waals surface area contributed by atoms with Crippen molar-refractivity contribution in [2.75, 3.05) is 13.7 Å². The molecule has 0 radical (unpaired) electrons. The van der Waals surface area contributed by atoms with E-state index in [0.717, 1.165) is 11.3 Å². The zero-order valence-corrected chi connectivity index (χ0v) is 14.4. The predicted molar refractivity (Wildman–Crippen MR) is 79.7 cm³/mol. The molecule has 0 aliphatic heterocycles. The van der Waals surface area contributed by atoms with Gasteiger partial charge in [0, 0.05) is 6.54 Å². The second-order valence-electron chi connectivity index (χ2n) is 6.33. The van der Waals surface area contributed by atoms with Gasteiger partial charge in [-0.15, -0.1) is 11.3 Å². The van der Waals surface area contributed by atoms with Gasteiger partial charge in [-0.05, 0) is 16.7 Å². The molecule has 6 nitrogen and oxygen atoms in total. The maximum Gasteiger partial charge on any atom is 0.358 e. The number of sulfonamides is 1. The molecule has 0 amide bonds. The molecule has 1 saturated carbocycles. The highest BCUT2D eigenvalue weighted by Crippen LogP contribution is 2.67. The molecule has 0 bridgehead atoms. The van der Waals surface area contributed by atoms with E-state index in [9.17, 15) is 13.2 Å². The van der Waals surface area contributed by atoms with Crippen LogP contribution in [0.25, 0.3) is 0 Å². The van der Waals surface area contributed by atoms with Gasteiger partial charge in [0.15, 0.2) is 9.90 Å². The Bertz CT molecular complexity index is 647. The zero-order valence-electron chi connectivity index (χ0n) is 12.8. The van der Waals surface area contributed by atoms with Crippen LogP contribution >= 0.6 is 11.3 Å². The van der Waals surface area contributed by atoms with Crippen LogP contribution in [0.2, 0.25) is 0 Å². The number of hydrogen-bond acceptors (Lipinski definition) is 6. The van der Waals surface area contributed by atoms with Gasteiger partial charge < -0.3 is 4.74 Å². The highest BCUT2D eigenvalue weighted by atomic mass is 32.2. The first-order valence-electron chi connectivity index (χ1n) is 6.57. The summed E-state index contributed by atoms with van der Waals surface area (Å²) in [7, 11) is -2.56. The zero-order chi connectivity index (χ0) is 16.1. The number of nitrogens with one attached hydrogen (secondary N) is 1. The Kier molecular flexibility index (Phi) is 3.92. The molecule has 2 rings (SSSR count). The lowest BCUT2D eigenvalue weighted by atomic mass is 10.0. The van der Waals surface area contributed by atoms with Crippen molar-refractivity contribution in [2.45, 2.75) is 31.9 Å². The number of ether oxygens (including phenoxy) is 1. The van der Waals surface area contributed by atoms with Gasteiger partial charge in [-0.25, -0.2) is 22.9 Å². The second kappa shape index (κ2) is 5.03. The van der Waals surface area contributed by atoms with Crippen molar-refractivity contribution in [3.05, 3.63) is 11.2 Å². The van der Waals surface area contributed by atoms with E-state index in [4.69, 9.17) is 0 Å². The molecule has 21 heavy (non-hydrogen) atoms. The van der Waals surface area contributed by atoms with E-state index in [2.05, 4.69) is 42.1 Å². The lowest BCUT2D eigenvalue weighted by molar-refractivity contribution is 0.0590. The predicted octanol–water partition coefficient (Wildman–Crippen LogP) is 1.89. The Labute approximate surface area is 129 Å². The van der Waals surface area contributed by atoms with Crippen molar-refractivity contribution in [1.29, 1.82) is 0 Å². The fourth-order valence-electron chi connectivity index (χ4n) is 2.76. The summed E-state index contributed by atoms with van der Waals surface area (Å²) in [5, 5.41) is 0. The smallest absolute Gasteiger partial charge is 0.358 e. The van der Waals surface area contributed by atoms with Crippen LogP contribution in [0.5, 0.6) is 0 Å². The van der Waals surface area contributed by atoms with Crippen molar-refractivity contribution in [3.8, 4) is 0 Å². The van der Waals surface area contributed by atoms with E-state index in [1.54, 1.807) is 0 Å². The molecule has 1 fully saturated rings. The molecule has 1 aromatic rings. The number of nitrogens with zero attached hydrogens (tertiary/aromatic N) is 1. The van der Waals surface area contributed by atoms with E-state index in [-0.39, 0.29) is 26.7 Å². The van der Waals surface area contributed by atoms with E-state index >= 15 is 0 Å². The van der Waals surface area contributed by atoms with Crippen molar-refractivity contribution in [1.82, 2.24) is 9.71 Å². The summed E-state index contributed by atoms with van der Waals surface area (Å²) in [6.07, 6.45) is 0. The standard InChI is InChI=1S/C13H20N2O4S2/c1-12(2)8(13(12,3)4)6-15-21(17,18)11-9(10(16)19-5)14-7-20-11/h7-8,15H,6H2,1-5H3. The van der Waals surface area contributed by atoms with Gasteiger partial charge in [0.2, 0.25) is 0 Å². The van der Waals surface area contributed by atoms with Gasteiger partial charge in [-0.1, -0.05) is 27.7 Å². The van der Waals surface area contributed by atoms with Gasteiger partial charge >= 0.3 is 5.97 Å². The average Bonchev–Trinajstić information content (AvgIpc) is 2.79. The van der Waals surface area contributed by atoms with Crippen LogP contribution in [0.15, 0.2) is 9.72 Å². The number of aromatic nitrogens is 1. The van der Waals surface area contributed by atoms with E-state index in [1.165, 1.54) is 12.6 Å². The van der Waals surface area contributed by atoms with Crippen molar-refractivity contribution in [3.63, 3.8) is 0 Å². The largest absolute Gasteiger partial charge is 0.464 e. The summed E-state index contributed by atoms with van der Waals surface area (Å²) in [5.41, 5.74) is 1.35. The Morgan fingerprint density at radius 1 is 1.38 bits per heavy atom. The summed E-state index contributed by atoms with van der Waals surface area (Å²) in [6, 6.07) is 0. The third-order valence-corrected chi connectivity index (χ3v) is 7.75. The highest BCUT2D eigenvalue weighted by molar-refractivity contribution is 7.91. The molecular formula is C13H20N2O4S2. The topological polar surface area (TPSA) is 85.4 Å². The van der Waals surface area contributed by atoms with Crippen molar-refractivity contribution < 1.29 is 17.9 Å². The first kappa shape index (κ1) is 16.4. The fraction of sp³-hybridized carbons (Fsp3) is 0.692. The molecular weight excluding hydrogens is 312 g/mol. The van der Waals surface area contributed by atoms with E-state index < -0.39 is 16.0 Å². The molecule has 1 N–H and O–H groups in total. The normalized spacial score (nSPS) is 20.2. The monoisotopic (exact) mass is 332 g/mol. The van der Waals surface area contributed by atoms with Crippen molar-refractivity contribution >= 4 is 27.3 Å². The first-order chi connectivity index (χ1) is 9.55. The number of methoxy groups -OCH3 is 1. The second-order valence-corrected chi connectivity index (χ2v) is 9.14. The van der Waals surface area contributed by atoms with Crippen molar-refractivity contribution in [2.24, 2.45) is 16.7 Å². The minimum atomic E-state index is -3.75. The maximum absolute atomic E-state index is 12.3. The Hall–Kier alpha value is -0.990. The molecule has 1 heterocycles. The van der Waals surface area contributed by atoms with Gasteiger partial charge in [0.1, 0.15) is 0 Å². The summed E-state index contributed by atoms with van der Waals surface area (Å²) in [5.74, 6) is -0.488. The molecule has 0 aromatic carbocycles. The summed E-state index contributed by atoms with van der Waals surface area (Å²) in [4.78, 5) is 15.3. The average molecular weight is 332 g/mol. The molecule has 0 unspecified atom stereocenters. The number of thiazole rings is 1. The highest BCUT2D eigenvalue weighted by Gasteiger charge is 2.64. The molecule has 1 aliphatic rings. The number of rotatable bonds is 5. The Balaban J connectivity index is 2.14. The van der Waals surface area contributed by atoms with Crippen LogP contribution in [-0.4, -0.2) is 33.0 Å². The van der Waals surface area contributed by atoms with Gasteiger partial charge in [-0.3, -0.25) is 0 Å². The van der Waals surface area contributed by atoms with Crippen LogP contribution in [0.1, 0.15) is 38.2 Å². The Morgan fingerprint density at radius 3 is 2.43 bits per heavy atom. The fourth-order valence-corrected chi connectivity index (χ4v) is 4.98. The van der Waals surface area contributed by atoms with Crippen LogP contribution in [-0.2, 0) is 14.8 Å². The van der Waals surface area contributed by atoms with E-state index in [1.807, 2.05) is 0 Å². The number of hydrogen-bond donors (Lipinski definition) is 1. The molecule has 1 aliphatic carbocycles. The van der Waals surface area contributed by atoms with Gasteiger partial charge in [0.25, 0.3) is 10.0 Å². The SMILES string of the molecule is COC(=O)c1ncsc1S(=O)(=O)NCC1C(C)(C)C1(C)C. The molecule has 0 spiro atoms. The van der Waals surface area contributed by atoms with Crippen LogP contribution in [0.4, 0.5) is 0 Å². The van der Waals surface area contributed by atoms with Gasteiger partial charge in [0.05, 0.1) is 12.6 Å². The summed E-state index contributed by atoms with van der Waals surface area (Å²) >= 11 is 0.910. The summed E-state index contributed by atoms with van der Waals surface area (Å²) < 4.78 is 31.7. The molecule has 8 heteroatoms. The number of carbonyl (C=O) groups is 1. The molecule has 1 aromatic heterocycles. The molecule has 118 valence electrons. The number of carbonyl (C=O) groups excluding carboxylic acids is 1. The quantitative estimate of drug-likeness (QED) is 0.832. The Morgan fingerprint density at radius 2 is 1.95 bits per heavy atom. The van der Waals surface area contributed by atoms with Crippen LogP contribution in [0.3, 0.4) is 0 Å². The minimum absolute atomic E-state index is 0.0917. The third-order valence-electron chi connectivity index (χ3n) is 4.95. The molecule has 0 saturated heterocycles. The minimum Gasteiger partial charge on any atom is -0.464 e.